The maximum atomic E-state index is 12.9. The predicted octanol–water partition coefficient (Wildman–Crippen LogP) is 3.99. The molecule has 2 nitrogen and oxygen atoms in total. The standard InChI is InChI=1S/C15H15FN2S/c16-12-6-8-13(9-7-12)19-14(10-15(17)18)11-4-2-1-3-5-11/h1-9,14H,10H2,(H3,17,18). The fourth-order valence-corrected chi connectivity index (χ4v) is 2.95. The zero-order chi connectivity index (χ0) is 13.7. The van der Waals surface area contributed by atoms with E-state index in [0.717, 1.165) is 10.5 Å². The minimum absolute atomic E-state index is 0.0733. The molecule has 98 valence electrons. The molecular formula is C15H15FN2S. The van der Waals surface area contributed by atoms with E-state index in [9.17, 15) is 4.39 Å². The van der Waals surface area contributed by atoms with Crippen LogP contribution >= 0.6 is 11.8 Å². The van der Waals surface area contributed by atoms with Crippen LogP contribution in [0.5, 0.6) is 0 Å². The topological polar surface area (TPSA) is 49.9 Å². The maximum Gasteiger partial charge on any atom is 0.123 e. The van der Waals surface area contributed by atoms with Crippen molar-refractivity contribution in [2.24, 2.45) is 5.73 Å². The molecule has 0 radical (unpaired) electrons. The molecule has 0 aliphatic rings. The van der Waals surface area contributed by atoms with Gasteiger partial charge in [0.25, 0.3) is 0 Å². The highest BCUT2D eigenvalue weighted by Crippen LogP contribution is 2.37. The van der Waals surface area contributed by atoms with Crippen molar-refractivity contribution in [3.8, 4) is 0 Å². The molecule has 0 bridgehead atoms. The smallest absolute Gasteiger partial charge is 0.123 e. The molecule has 2 aromatic rings. The van der Waals surface area contributed by atoms with Gasteiger partial charge in [0.15, 0.2) is 0 Å². The van der Waals surface area contributed by atoms with Gasteiger partial charge in [0.1, 0.15) is 5.82 Å². The van der Waals surface area contributed by atoms with Gasteiger partial charge in [0, 0.05) is 16.6 Å². The number of hydrogen-bond donors (Lipinski definition) is 2. The van der Waals surface area contributed by atoms with Crippen LogP contribution in [0, 0.1) is 11.2 Å². The second-order valence-corrected chi connectivity index (χ2v) is 5.48. The Labute approximate surface area is 116 Å². The fraction of sp³-hybridized carbons (Fsp3) is 0.133. The van der Waals surface area contributed by atoms with Crippen LogP contribution < -0.4 is 5.73 Å². The van der Waals surface area contributed by atoms with E-state index in [0.29, 0.717) is 6.42 Å². The summed E-state index contributed by atoms with van der Waals surface area (Å²) in [6, 6.07) is 16.3. The van der Waals surface area contributed by atoms with E-state index in [4.69, 9.17) is 11.1 Å². The second kappa shape index (κ2) is 6.38. The zero-order valence-electron chi connectivity index (χ0n) is 10.3. The van der Waals surface area contributed by atoms with Crippen molar-refractivity contribution in [2.75, 3.05) is 0 Å². The van der Waals surface area contributed by atoms with Crippen LogP contribution in [0.4, 0.5) is 4.39 Å². The Morgan fingerprint density at radius 1 is 1.11 bits per heavy atom. The number of amidine groups is 1. The van der Waals surface area contributed by atoms with Gasteiger partial charge in [-0.2, -0.15) is 0 Å². The van der Waals surface area contributed by atoms with Gasteiger partial charge in [0.2, 0.25) is 0 Å². The van der Waals surface area contributed by atoms with Gasteiger partial charge >= 0.3 is 0 Å². The fourth-order valence-electron chi connectivity index (χ4n) is 1.77. The number of rotatable bonds is 5. The molecule has 0 aliphatic carbocycles. The van der Waals surface area contributed by atoms with Gasteiger partial charge in [0.05, 0.1) is 5.84 Å². The van der Waals surface area contributed by atoms with Crippen LogP contribution in [0.2, 0.25) is 0 Å². The molecule has 1 atom stereocenters. The van der Waals surface area contributed by atoms with E-state index in [-0.39, 0.29) is 16.9 Å². The highest BCUT2D eigenvalue weighted by Gasteiger charge is 2.14. The molecule has 19 heavy (non-hydrogen) atoms. The van der Waals surface area contributed by atoms with Gasteiger partial charge in [-0.15, -0.1) is 11.8 Å². The lowest BCUT2D eigenvalue weighted by Crippen LogP contribution is -2.13. The van der Waals surface area contributed by atoms with E-state index >= 15 is 0 Å². The Morgan fingerprint density at radius 3 is 2.32 bits per heavy atom. The average molecular weight is 274 g/mol. The molecule has 0 aromatic heterocycles. The van der Waals surface area contributed by atoms with Crippen LogP contribution in [0.25, 0.3) is 0 Å². The molecule has 2 rings (SSSR count). The minimum Gasteiger partial charge on any atom is -0.388 e. The normalized spacial score (nSPS) is 12.1. The molecule has 2 aromatic carbocycles. The van der Waals surface area contributed by atoms with Crippen molar-refractivity contribution in [3.05, 3.63) is 66.0 Å². The Hall–Kier alpha value is -1.81. The third-order valence-electron chi connectivity index (χ3n) is 2.67. The monoisotopic (exact) mass is 274 g/mol. The summed E-state index contributed by atoms with van der Waals surface area (Å²) in [5.74, 6) is -0.0874. The van der Waals surface area contributed by atoms with Gasteiger partial charge in [-0.3, -0.25) is 5.41 Å². The highest BCUT2D eigenvalue weighted by molar-refractivity contribution is 7.99. The zero-order valence-corrected chi connectivity index (χ0v) is 11.2. The van der Waals surface area contributed by atoms with Crippen molar-refractivity contribution < 1.29 is 4.39 Å². The molecular weight excluding hydrogens is 259 g/mol. The molecule has 0 amide bonds. The van der Waals surface area contributed by atoms with Gasteiger partial charge < -0.3 is 5.73 Å². The number of thioether (sulfide) groups is 1. The molecule has 0 saturated heterocycles. The van der Waals surface area contributed by atoms with E-state index in [1.54, 1.807) is 23.9 Å². The van der Waals surface area contributed by atoms with E-state index in [1.807, 2.05) is 30.3 Å². The summed E-state index contributed by atoms with van der Waals surface area (Å²) in [7, 11) is 0. The summed E-state index contributed by atoms with van der Waals surface area (Å²) in [5.41, 5.74) is 6.64. The quantitative estimate of drug-likeness (QED) is 0.492. The summed E-state index contributed by atoms with van der Waals surface area (Å²) in [5, 5.41) is 7.55. The van der Waals surface area contributed by atoms with Crippen LogP contribution in [0.1, 0.15) is 17.2 Å². The molecule has 0 fully saturated rings. The first-order chi connectivity index (χ1) is 9.15. The van der Waals surface area contributed by atoms with Crippen LogP contribution in [-0.2, 0) is 0 Å². The largest absolute Gasteiger partial charge is 0.388 e. The molecule has 0 spiro atoms. The van der Waals surface area contributed by atoms with Crippen molar-refractivity contribution in [2.45, 2.75) is 16.6 Å². The van der Waals surface area contributed by atoms with Gasteiger partial charge in [-0.25, -0.2) is 4.39 Å². The van der Waals surface area contributed by atoms with Gasteiger partial charge in [-0.1, -0.05) is 30.3 Å². The summed E-state index contributed by atoms with van der Waals surface area (Å²) in [6.07, 6.45) is 0.478. The lowest BCUT2D eigenvalue weighted by molar-refractivity contribution is 0.626. The molecule has 1 unspecified atom stereocenters. The first-order valence-electron chi connectivity index (χ1n) is 5.95. The maximum absolute atomic E-state index is 12.9. The minimum atomic E-state index is -0.243. The van der Waals surface area contributed by atoms with Crippen LogP contribution in [-0.4, -0.2) is 5.84 Å². The van der Waals surface area contributed by atoms with E-state index < -0.39 is 0 Å². The second-order valence-electron chi connectivity index (χ2n) is 4.20. The first-order valence-corrected chi connectivity index (χ1v) is 6.83. The van der Waals surface area contributed by atoms with Crippen molar-refractivity contribution in [1.82, 2.24) is 0 Å². The van der Waals surface area contributed by atoms with Crippen LogP contribution in [0.3, 0.4) is 0 Å². The number of benzene rings is 2. The average Bonchev–Trinajstić information content (AvgIpc) is 2.41. The van der Waals surface area contributed by atoms with Crippen molar-refractivity contribution >= 4 is 17.6 Å². The lowest BCUT2D eigenvalue weighted by Gasteiger charge is -2.16. The number of hydrogen-bond acceptors (Lipinski definition) is 2. The number of nitrogens with one attached hydrogen (secondary N) is 1. The Balaban J connectivity index is 2.19. The van der Waals surface area contributed by atoms with Crippen molar-refractivity contribution in [1.29, 1.82) is 5.41 Å². The first kappa shape index (κ1) is 13.6. The Bertz CT molecular complexity index is 540. The Morgan fingerprint density at radius 2 is 1.74 bits per heavy atom. The molecule has 3 N–H and O–H groups in total. The summed E-state index contributed by atoms with van der Waals surface area (Å²) in [4.78, 5) is 0.969. The predicted molar refractivity (Wildman–Crippen MR) is 78.0 cm³/mol. The van der Waals surface area contributed by atoms with Crippen molar-refractivity contribution in [3.63, 3.8) is 0 Å². The molecule has 0 saturated carbocycles. The van der Waals surface area contributed by atoms with E-state index in [1.165, 1.54) is 12.1 Å². The lowest BCUT2D eigenvalue weighted by atomic mass is 10.1. The number of nitrogens with two attached hydrogens (primary N) is 1. The number of halogens is 1. The third kappa shape index (κ3) is 4.10. The van der Waals surface area contributed by atoms with Crippen LogP contribution in [0.15, 0.2) is 59.5 Å². The molecule has 4 heteroatoms. The summed E-state index contributed by atoms with van der Waals surface area (Å²) >= 11 is 1.59. The van der Waals surface area contributed by atoms with Gasteiger partial charge in [-0.05, 0) is 29.8 Å². The van der Waals surface area contributed by atoms with E-state index in [2.05, 4.69) is 0 Å². The summed E-state index contributed by atoms with van der Waals surface area (Å²) in [6.45, 7) is 0. The Kier molecular flexibility index (Phi) is 4.58. The summed E-state index contributed by atoms with van der Waals surface area (Å²) < 4.78 is 12.9. The molecule has 0 aliphatic heterocycles. The SMILES string of the molecule is N=C(N)CC(Sc1ccc(F)cc1)c1ccccc1. The third-order valence-corrected chi connectivity index (χ3v) is 3.94. The highest BCUT2D eigenvalue weighted by atomic mass is 32.2. The molecule has 0 heterocycles.